The number of imidazole rings is 1. The second-order valence-electron chi connectivity index (χ2n) is 12.7. The highest BCUT2D eigenvalue weighted by Crippen LogP contribution is 2.31. The van der Waals surface area contributed by atoms with Gasteiger partial charge in [0.05, 0.1) is 34.7 Å². The maximum atomic E-state index is 14.6. The van der Waals surface area contributed by atoms with Crippen molar-refractivity contribution in [2.24, 2.45) is 0 Å². The fourth-order valence-corrected chi connectivity index (χ4v) is 7.14. The number of amides is 1. The van der Waals surface area contributed by atoms with Gasteiger partial charge in [-0.05, 0) is 59.9 Å². The number of benzene rings is 4. The van der Waals surface area contributed by atoms with Crippen LogP contribution in [0.15, 0.2) is 119 Å². The van der Waals surface area contributed by atoms with E-state index < -0.39 is 23.4 Å². The number of hydrogen-bond donors (Lipinski definition) is 0. The summed E-state index contributed by atoms with van der Waals surface area (Å²) in [5.74, 6) is -2.14. The number of nitrogens with zero attached hydrogens (tertiary/aromatic N) is 4. The zero-order chi connectivity index (χ0) is 38.2. The molecule has 0 aliphatic carbocycles. The van der Waals surface area contributed by atoms with Crippen LogP contribution in [0.4, 0.5) is 22.0 Å². The van der Waals surface area contributed by atoms with Crippen molar-refractivity contribution in [3.8, 4) is 11.1 Å². The van der Waals surface area contributed by atoms with E-state index in [0.29, 0.717) is 54.0 Å². The third kappa shape index (κ3) is 9.44. The van der Waals surface area contributed by atoms with Crippen molar-refractivity contribution >= 4 is 28.6 Å². The molecule has 6 rings (SSSR count). The molecule has 54 heavy (non-hydrogen) atoms. The Kier molecular flexibility index (Phi) is 12.3. The first kappa shape index (κ1) is 38.5. The second-order valence-corrected chi connectivity index (χ2v) is 13.7. The van der Waals surface area contributed by atoms with E-state index in [4.69, 9.17) is 4.74 Å². The molecule has 0 bridgehead atoms. The topological polar surface area (TPSA) is 69.4 Å². The Bertz CT molecular complexity index is 2270. The molecule has 4 aromatic carbocycles. The van der Waals surface area contributed by atoms with E-state index in [1.165, 1.54) is 30.3 Å². The molecule has 0 aliphatic heterocycles. The molecule has 0 N–H and O–H groups in total. The lowest BCUT2D eigenvalue weighted by molar-refractivity contribution is -0.137. The number of halogens is 5. The molecule has 0 spiro atoms. The number of rotatable bonds is 15. The number of hydrogen-bond acceptors (Lipinski definition) is 5. The van der Waals surface area contributed by atoms with Crippen LogP contribution in [-0.2, 0) is 47.5 Å². The summed E-state index contributed by atoms with van der Waals surface area (Å²) in [6.07, 6.45) is 0.469. The molecule has 1 amide bonds. The van der Waals surface area contributed by atoms with Crippen molar-refractivity contribution in [2.75, 3.05) is 20.3 Å². The molecule has 0 radical (unpaired) electrons. The third-order valence-electron chi connectivity index (χ3n) is 9.01. The van der Waals surface area contributed by atoms with Crippen molar-refractivity contribution in [3.63, 3.8) is 0 Å². The second kappa shape index (κ2) is 17.3. The lowest BCUT2D eigenvalue weighted by Gasteiger charge is -2.25. The van der Waals surface area contributed by atoms with E-state index in [0.717, 1.165) is 46.8 Å². The minimum absolute atomic E-state index is 0.0294. The molecular formula is C41H37F5N4O3S. The van der Waals surface area contributed by atoms with Crippen molar-refractivity contribution < 1.29 is 31.5 Å². The highest BCUT2D eigenvalue weighted by Gasteiger charge is 2.30. The molecule has 0 fully saturated rings. The van der Waals surface area contributed by atoms with E-state index in [-0.39, 0.29) is 35.7 Å². The maximum Gasteiger partial charge on any atom is 0.416 e. The van der Waals surface area contributed by atoms with Gasteiger partial charge in [0.1, 0.15) is 6.54 Å². The number of carbonyl (C=O) groups is 1. The summed E-state index contributed by atoms with van der Waals surface area (Å²) < 4.78 is 76.7. The van der Waals surface area contributed by atoms with E-state index in [2.05, 4.69) is 4.98 Å². The maximum absolute atomic E-state index is 14.6. The zero-order valence-electron chi connectivity index (χ0n) is 29.4. The molecular weight excluding hydrogens is 724 g/mol. The largest absolute Gasteiger partial charge is 0.416 e. The summed E-state index contributed by atoms with van der Waals surface area (Å²) in [6.45, 7) is 1.69. The lowest BCUT2D eigenvalue weighted by atomic mass is 10.0. The molecule has 7 nitrogen and oxygen atoms in total. The fourth-order valence-electron chi connectivity index (χ4n) is 6.11. The van der Waals surface area contributed by atoms with Crippen molar-refractivity contribution in [2.45, 2.75) is 49.4 Å². The highest BCUT2D eigenvalue weighted by atomic mass is 32.2. The van der Waals surface area contributed by atoms with Gasteiger partial charge in [0, 0.05) is 55.7 Å². The van der Waals surface area contributed by atoms with Crippen molar-refractivity contribution in [1.29, 1.82) is 0 Å². The van der Waals surface area contributed by atoms with Crippen LogP contribution in [0.3, 0.4) is 0 Å². The van der Waals surface area contributed by atoms with Crippen molar-refractivity contribution in [1.82, 2.24) is 19.0 Å². The zero-order valence-corrected chi connectivity index (χ0v) is 30.2. The standard InChI is InChI=1S/C41H37F5N4O3S/c1-53-21-20-48-24-33(47-27-48)7-5-19-49(23-28-11-13-29(14-12-28)30-15-17-32(18-16-30)41(44,45)46)38(52)25-50-36-10-3-2-8-34(36)37(51)22-39(50)54-26-31-6-4-9-35(42)40(31)43/h2-4,6,8-18,22,24,27H,5,7,19-21,23,25-26H2,1H3. The molecule has 0 aliphatic rings. The number of ether oxygens (including phenoxy) is 1. The fraction of sp³-hybridized carbons (Fsp3) is 0.244. The van der Waals surface area contributed by atoms with Crippen LogP contribution < -0.4 is 5.43 Å². The van der Waals surface area contributed by atoms with Gasteiger partial charge in [0.25, 0.3) is 0 Å². The number of alkyl halides is 3. The van der Waals surface area contributed by atoms with Gasteiger partial charge in [-0.25, -0.2) is 13.8 Å². The number of fused-ring (bicyclic) bond motifs is 1. The Morgan fingerprint density at radius 3 is 2.37 bits per heavy atom. The van der Waals surface area contributed by atoms with Gasteiger partial charge in [-0.1, -0.05) is 60.7 Å². The first-order chi connectivity index (χ1) is 26.0. The molecule has 280 valence electrons. The van der Waals surface area contributed by atoms with E-state index in [9.17, 15) is 31.5 Å². The SMILES string of the molecule is COCCn1cnc(CCCN(Cc2ccc(-c3ccc(C(F)(F)F)cc3)cc2)C(=O)Cn2c(SCc3cccc(F)c3F)cc(=O)c3ccccc32)c1. The number of thioether (sulfide) groups is 1. The summed E-state index contributed by atoms with van der Waals surface area (Å²) in [5, 5.41) is 0.846. The molecule has 2 aromatic heterocycles. The quantitative estimate of drug-likeness (QED) is 0.0774. The molecule has 0 unspecified atom stereocenters. The summed E-state index contributed by atoms with van der Waals surface area (Å²) in [4.78, 5) is 33.7. The third-order valence-corrected chi connectivity index (χ3v) is 10.1. The number of aromatic nitrogens is 3. The number of methoxy groups -OCH3 is 1. The first-order valence-corrected chi connectivity index (χ1v) is 18.2. The van der Waals surface area contributed by atoms with Gasteiger partial charge in [0.2, 0.25) is 5.91 Å². The highest BCUT2D eigenvalue weighted by molar-refractivity contribution is 7.98. The molecule has 0 atom stereocenters. The number of para-hydroxylation sites is 1. The van der Waals surface area contributed by atoms with Gasteiger partial charge < -0.3 is 18.8 Å². The molecule has 0 saturated heterocycles. The van der Waals surface area contributed by atoms with Crippen LogP contribution in [0, 0.1) is 11.6 Å². The number of pyridine rings is 1. The normalized spacial score (nSPS) is 11.7. The minimum atomic E-state index is -4.43. The van der Waals surface area contributed by atoms with Crippen LogP contribution in [0.25, 0.3) is 22.0 Å². The average Bonchev–Trinajstić information content (AvgIpc) is 3.63. The van der Waals surface area contributed by atoms with Gasteiger partial charge in [-0.2, -0.15) is 13.2 Å². The number of carbonyl (C=O) groups excluding carboxylic acids is 1. The smallest absolute Gasteiger partial charge is 0.383 e. The van der Waals surface area contributed by atoms with Crippen molar-refractivity contribution in [3.05, 3.63) is 154 Å². The number of aryl methyl sites for hydroxylation is 1. The lowest BCUT2D eigenvalue weighted by Crippen LogP contribution is -2.35. The van der Waals surface area contributed by atoms with Gasteiger partial charge in [-0.15, -0.1) is 11.8 Å². The average molecular weight is 761 g/mol. The van der Waals surface area contributed by atoms with Crippen LogP contribution in [0.1, 0.15) is 28.8 Å². The Balaban J connectivity index is 1.25. The van der Waals surface area contributed by atoms with Crippen LogP contribution in [-0.4, -0.2) is 45.2 Å². The molecule has 2 heterocycles. The Hall–Kier alpha value is -5.27. The van der Waals surface area contributed by atoms with Crippen LogP contribution >= 0.6 is 11.8 Å². The summed E-state index contributed by atoms with van der Waals surface area (Å²) in [6, 6.07) is 24.5. The van der Waals surface area contributed by atoms with Gasteiger partial charge >= 0.3 is 6.18 Å². The van der Waals surface area contributed by atoms with E-state index in [1.54, 1.807) is 47.2 Å². The predicted molar refractivity (Wildman–Crippen MR) is 199 cm³/mol. The van der Waals surface area contributed by atoms with Crippen LogP contribution in [0.2, 0.25) is 0 Å². The molecule has 6 aromatic rings. The van der Waals surface area contributed by atoms with Crippen LogP contribution in [0.5, 0.6) is 0 Å². The van der Waals surface area contributed by atoms with E-state index in [1.807, 2.05) is 35.0 Å². The Labute approximate surface area is 313 Å². The monoisotopic (exact) mass is 760 g/mol. The predicted octanol–water partition coefficient (Wildman–Crippen LogP) is 8.76. The van der Waals surface area contributed by atoms with Gasteiger partial charge in [-0.3, -0.25) is 9.59 Å². The van der Waals surface area contributed by atoms with E-state index >= 15 is 0 Å². The summed E-state index contributed by atoms with van der Waals surface area (Å²) in [5.41, 5.74) is 2.71. The molecule has 0 saturated carbocycles. The first-order valence-electron chi connectivity index (χ1n) is 17.2. The Morgan fingerprint density at radius 1 is 0.926 bits per heavy atom. The minimum Gasteiger partial charge on any atom is -0.383 e. The Morgan fingerprint density at radius 2 is 1.65 bits per heavy atom. The summed E-state index contributed by atoms with van der Waals surface area (Å²) in [7, 11) is 1.63. The molecule has 13 heteroatoms. The summed E-state index contributed by atoms with van der Waals surface area (Å²) >= 11 is 1.14. The van der Waals surface area contributed by atoms with Gasteiger partial charge in [0.15, 0.2) is 17.1 Å².